The molecule has 0 saturated carbocycles. The third-order valence-electron chi connectivity index (χ3n) is 2.40. The van der Waals surface area contributed by atoms with E-state index in [9.17, 15) is 9.59 Å². The van der Waals surface area contributed by atoms with Crippen LogP contribution in [0.4, 0.5) is 0 Å². The van der Waals surface area contributed by atoms with E-state index in [0.29, 0.717) is 12.1 Å². The molecule has 0 saturated heterocycles. The van der Waals surface area contributed by atoms with Crippen molar-refractivity contribution in [3.8, 4) is 0 Å². The summed E-state index contributed by atoms with van der Waals surface area (Å²) in [6.07, 6.45) is 1.76. The number of carbonyl (C=O) groups excluding carboxylic acids is 1. The van der Waals surface area contributed by atoms with E-state index in [1.54, 1.807) is 6.92 Å². The van der Waals surface area contributed by atoms with Gasteiger partial charge in [0.2, 0.25) is 0 Å². The largest absolute Gasteiger partial charge is 0.480 e. The number of allylic oxidation sites excluding steroid dienone is 2. The summed E-state index contributed by atoms with van der Waals surface area (Å²) < 4.78 is 0. The van der Waals surface area contributed by atoms with Gasteiger partial charge in [-0.2, -0.15) is 0 Å². The second kappa shape index (κ2) is 8.91. The van der Waals surface area contributed by atoms with Crippen LogP contribution in [0.5, 0.6) is 0 Å². The molecule has 5 heteroatoms. The van der Waals surface area contributed by atoms with Crippen LogP contribution in [0.1, 0.15) is 19.4 Å². The number of hydrogen-bond donors (Lipinski definition) is 2. The predicted molar refractivity (Wildman–Crippen MR) is 74.9 cm³/mol. The van der Waals surface area contributed by atoms with Crippen LogP contribution in [0.25, 0.3) is 0 Å². The Kier molecular flexibility index (Phi) is 8.39. The average molecular weight is 270 g/mol. The van der Waals surface area contributed by atoms with Gasteiger partial charge in [0.05, 0.1) is 0 Å². The molecule has 1 rings (SSSR count). The Balaban J connectivity index is 0.00000324. The summed E-state index contributed by atoms with van der Waals surface area (Å²) in [4.78, 5) is 22.1. The maximum absolute atomic E-state index is 11.2. The first-order valence-electron chi connectivity index (χ1n) is 5.71. The van der Waals surface area contributed by atoms with Gasteiger partial charge < -0.3 is 10.4 Å². The van der Waals surface area contributed by atoms with Crippen molar-refractivity contribution in [3.05, 3.63) is 47.7 Å². The molecule has 0 aliphatic heterocycles. The summed E-state index contributed by atoms with van der Waals surface area (Å²) in [7, 11) is 0. The third-order valence-corrected chi connectivity index (χ3v) is 2.40. The first-order chi connectivity index (χ1) is 8.49. The Morgan fingerprint density at radius 2 is 1.84 bits per heavy atom. The van der Waals surface area contributed by atoms with E-state index in [4.69, 9.17) is 5.11 Å². The Bertz CT molecular complexity index is 457. The fourth-order valence-electron chi connectivity index (χ4n) is 1.67. The van der Waals surface area contributed by atoms with Crippen LogP contribution < -0.4 is 5.32 Å². The van der Waals surface area contributed by atoms with Gasteiger partial charge in [0.15, 0.2) is 5.78 Å². The molecular weight excluding hydrogens is 253 g/mol. The second-order valence-electron chi connectivity index (χ2n) is 4.16. The van der Waals surface area contributed by atoms with Crippen molar-refractivity contribution in [3.63, 3.8) is 0 Å². The zero-order valence-electron chi connectivity index (χ0n) is 11.5. The number of carboxylic acid groups (broad SMARTS) is 1. The quantitative estimate of drug-likeness (QED) is 0.605. The van der Waals surface area contributed by atoms with Crippen molar-refractivity contribution in [2.75, 3.05) is 0 Å². The molecule has 0 aliphatic rings. The minimum atomic E-state index is -0.935. The van der Waals surface area contributed by atoms with Gasteiger partial charge in [-0.25, -0.2) is 4.79 Å². The Morgan fingerprint density at radius 3 is 2.32 bits per heavy atom. The molecule has 0 spiro atoms. The third kappa shape index (κ3) is 7.15. The van der Waals surface area contributed by atoms with Gasteiger partial charge in [-0.3, -0.25) is 4.79 Å². The first-order valence-corrected chi connectivity index (χ1v) is 5.71. The molecule has 1 atom stereocenters. The molecule has 0 aromatic heterocycles. The van der Waals surface area contributed by atoms with Gasteiger partial charge in [0.1, 0.15) is 6.04 Å². The van der Waals surface area contributed by atoms with Crippen LogP contribution in [0.2, 0.25) is 0 Å². The van der Waals surface area contributed by atoms with E-state index in [-0.39, 0.29) is 35.3 Å². The van der Waals surface area contributed by atoms with Gasteiger partial charge >= 0.3 is 5.97 Å². The van der Waals surface area contributed by atoms with Crippen LogP contribution in [0.15, 0.2) is 42.1 Å². The standard InChI is InChI=1S/C14H17NO3.Na/c1-10(8-11(2)16)15-13(14(17)18)9-12-6-4-3-5-7-12;/h3-8,13,15H,9H2,1-2H3,(H,17,18);. The average Bonchev–Trinajstić information content (AvgIpc) is 2.28. The molecule has 0 bridgehead atoms. The number of ketones is 1. The summed E-state index contributed by atoms with van der Waals surface area (Å²) in [5.41, 5.74) is 1.50. The first kappa shape index (κ1) is 17.9. The summed E-state index contributed by atoms with van der Waals surface area (Å²) in [6.45, 7) is 3.11. The number of rotatable bonds is 6. The molecule has 19 heavy (non-hydrogen) atoms. The maximum Gasteiger partial charge on any atom is 0.326 e. The smallest absolute Gasteiger partial charge is 0.326 e. The van der Waals surface area contributed by atoms with Crippen LogP contribution in [-0.4, -0.2) is 52.5 Å². The number of aliphatic carboxylic acids is 1. The summed E-state index contributed by atoms with van der Waals surface area (Å²) in [5, 5.41) is 12.0. The molecule has 97 valence electrons. The van der Waals surface area contributed by atoms with Crippen molar-refractivity contribution >= 4 is 41.3 Å². The van der Waals surface area contributed by atoms with E-state index in [1.807, 2.05) is 30.3 Å². The van der Waals surface area contributed by atoms with Gasteiger partial charge in [-0.05, 0) is 25.5 Å². The van der Waals surface area contributed by atoms with Gasteiger partial charge in [-0.1, -0.05) is 30.3 Å². The summed E-state index contributed by atoms with van der Waals surface area (Å²) in [6, 6.07) is 8.64. The van der Waals surface area contributed by atoms with Crippen molar-refractivity contribution in [1.82, 2.24) is 5.32 Å². The molecule has 0 fully saturated rings. The maximum atomic E-state index is 11.2. The van der Waals surface area contributed by atoms with E-state index < -0.39 is 12.0 Å². The molecule has 1 radical (unpaired) electrons. The Hall–Kier alpha value is -1.10. The SMILES string of the molecule is CC(=O)C=C(C)NC(Cc1ccccc1)C(=O)O.[Na]. The topological polar surface area (TPSA) is 66.4 Å². The summed E-state index contributed by atoms with van der Waals surface area (Å²) in [5.74, 6) is -1.04. The Morgan fingerprint density at radius 1 is 1.26 bits per heavy atom. The minimum absolute atomic E-state index is 0. The molecule has 0 heterocycles. The van der Waals surface area contributed by atoms with Gasteiger partial charge in [0, 0.05) is 41.7 Å². The predicted octanol–water partition coefficient (Wildman–Crippen LogP) is 1.38. The molecule has 1 aromatic rings. The zero-order chi connectivity index (χ0) is 13.5. The van der Waals surface area contributed by atoms with Crippen LogP contribution >= 0.6 is 0 Å². The minimum Gasteiger partial charge on any atom is -0.480 e. The molecule has 4 nitrogen and oxygen atoms in total. The van der Waals surface area contributed by atoms with Gasteiger partial charge in [-0.15, -0.1) is 0 Å². The molecular formula is C14H17NNaO3. The van der Waals surface area contributed by atoms with Crippen LogP contribution in [-0.2, 0) is 16.0 Å². The van der Waals surface area contributed by atoms with Gasteiger partial charge in [0.25, 0.3) is 0 Å². The van der Waals surface area contributed by atoms with Crippen molar-refractivity contribution < 1.29 is 14.7 Å². The fraction of sp³-hybridized carbons (Fsp3) is 0.286. The second-order valence-corrected chi connectivity index (χ2v) is 4.16. The number of benzene rings is 1. The normalized spacial score (nSPS) is 12.2. The molecule has 2 N–H and O–H groups in total. The molecule has 1 aromatic carbocycles. The van der Waals surface area contributed by atoms with Crippen LogP contribution in [0.3, 0.4) is 0 Å². The van der Waals surface area contributed by atoms with E-state index >= 15 is 0 Å². The molecule has 1 unspecified atom stereocenters. The fourth-order valence-corrected chi connectivity index (χ4v) is 1.67. The van der Waals surface area contributed by atoms with Crippen molar-refractivity contribution in [2.24, 2.45) is 0 Å². The number of carbonyl (C=O) groups is 2. The van der Waals surface area contributed by atoms with Crippen LogP contribution in [0, 0.1) is 0 Å². The monoisotopic (exact) mass is 270 g/mol. The van der Waals surface area contributed by atoms with E-state index in [1.165, 1.54) is 13.0 Å². The number of nitrogens with one attached hydrogen (secondary N) is 1. The van der Waals surface area contributed by atoms with Crippen molar-refractivity contribution in [2.45, 2.75) is 26.3 Å². The number of carboxylic acids is 1. The zero-order valence-corrected chi connectivity index (χ0v) is 13.5. The molecule has 0 aliphatic carbocycles. The Labute approximate surface area is 135 Å². The van der Waals surface area contributed by atoms with E-state index in [0.717, 1.165) is 5.56 Å². The van der Waals surface area contributed by atoms with E-state index in [2.05, 4.69) is 5.32 Å². The number of hydrogen-bond acceptors (Lipinski definition) is 3. The summed E-state index contributed by atoms with van der Waals surface area (Å²) >= 11 is 0. The van der Waals surface area contributed by atoms with Crippen molar-refractivity contribution in [1.29, 1.82) is 0 Å². The molecule has 0 amide bonds.